The molecule has 0 unspecified atom stereocenters. The topological polar surface area (TPSA) is 54.9 Å². The van der Waals surface area contributed by atoms with Crippen molar-refractivity contribution in [1.82, 2.24) is 10.6 Å². The van der Waals surface area contributed by atoms with E-state index in [2.05, 4.69) is 20.4 Å². The van der Waals surface area contributed by atoms with Gasteiger partial charge in [-0.05, 0) is 35.7 Å². The van der Waals surface area contributed by atoms with Crippen LogP contribution in [0.4, 0.5) is 17.6 Å². The number of nitrogens with zero attached hydrogens (tertiary/aromatic N) is 1. The van der Waals surface area contributed by atoms with Crippen LogP contribution >= 0.6 is 0 Å². The van der Waals surface area contributed by atoms with Crippen LogP contribution in [0.15, 0.2) is 47.5 Å². The molecule has 0 aliphatic rings. The van der Waals surface area contributed by atoms with Crippen LogP contribution in [0, 0.1) is 5.82 Å². The van der Waals surface area contributed by atoms with Crippen LogP contribution < -0.4 is 15.4 Å². The van der Waals surface area contributed by atoms with Gasteiger partial charge in [-0.25, -0.2) is 4.39 Å². The van der Waals surface area contributed by atoms with Crippen LogP contribution in [0.25, 0.3) is 0 Å². The third-order valence-electron chi connectivity index (χ3n) is 4.00. The Hall–Kier alpha value is -2.81. The smallest absolute Gasteiger partial charge is 0.411 e. The van der Waals surface area contributed by atoms with Crippen molar-refractivity contribution in [2.45, 2.75) is 32.8 Å². The Bertz CT molecular complexity index is 824. The van der Waals surface area contributed by atoms with Crippen LogP contribution in [0.2, 0.25) is 0 Å². The standard InChI is InChI=1S/C21H25F4N3O2/c1-3-30-19-9-8-17(10-18(19)22)12-28-20(26-2)27-11-15-4-6-16(7-5-15)13-29-14-21(23,24)25/h4-10H,3,11-14H2,1-2H3,(H2,26,27,28). The third kappa shape index (κ3) is 8.28. The van der Waals surface area contributed by atoms with Crippen molar-refractivity contribution in [2.24, 2.45) is 4.99 Å². The molecule has 0 spiro atoms. The van der Waals surface area contributed by atoms with E-state index >= 15 is 0 Å². The van der Waals surface area contributed by atoms with Crippen LogP contribution in [-0.4, -0.2) is 32.4 Å². The van der Waals surface area contributed by atoms with Crippen LogP contribution in [-0.2, 0) is 24.4 Å². The molecule has 2 aromatic carbocycles. The van der Waals surface area contributed by atoms with E-state index in [1.807, 2.05) is 0 Å². The SMILES string of the molecule is CCOc1ccc(CNC(=NC)NCc2ccc(COCC(F)(F)F)cc2)cc1F. The zero-order valence-corrected chi connectivity index (χ0v) is 16.9. The monoisotopic (exact) mass is 427 g/mol. The first kappa shape index (κ1) is 23.5. The number of benzene rings is 2. The number of rotatable bonds is 9. The summed E-state index contributed by atoms with van der Waals surface area (Å²) in [4.78, 5) is 4.12. The van der Waals surface area contributed by atoms with Crippen molar-refractivity contribution in [3.63, 3.8) is 0 Å². The van der Waals surface area contributed by atoms with Gasteiger partial charge in [0.15, 0.2) is 17.5 Å². The molecule has 0 bridgehead atoms. The average Bonchev–Trinajstić information content (AvgIpc) is 2.70. The lowest BCUT2D eigenvalue weighted by Crippen LogP contribution is -2.36. The maximum atomic E-state index is 13.9. The summed E-state index contributed by atoms with van der Waals surface area (Å²) in [5.41, 5.74) is 2.31. The number of hydrogen-bond acceptors (Lipinski definition) is 3. The van der Waals surface area contributed by atoms with Crippen molar-refractivity contribution < 1.29 is 27.0 Å². The van der Waals surface area contributed by atoms with Gasteiger partial charge in [0, 0.05) is 20.1 Å². The molecule has 0 saturated heterocycles. The van der Waals surface area contributed by atoms with Gasteiger partial charge >= 0.3 is 6.18 Å². The van der Waals surface area contributed by atoms with E-state index in [-0.39, 0.29) is 12.4 Å². The Kier molecular flexibility index (Phi) is 8.91. The summed E-state index contributed by atoms with van der Waals surface area (Å²) in [6.07, 6.45) is -4.33. The fourth-order valence-electron chi connectivity index (χ4n) is 2.56. The Morgan fingerprint density at radius 2 is 1.57 bits per heavy atom. The highest BCUT2D eigenvalue weighted by Gasteiger charge is 2.27. The molecule has 164 valence electrons. The number of aliphatic imine (C=N–C) groups is 1. The van der Waals surface area contributed by atoms with Crippen molar-refractivity contribution >= 4 is 5.96 Å². The lowest BCUT2D eigenvalue weighted by atomic mass is 10.1. The summed E-state index contributed by atoms with van der Waals surface area (Å²) in [6.45, 7) is 1.65. The maximum Gasteiger partial charge on any atom is 0.411 e. The summed E-state index contributed by atoms with van der Waals surface area (Å²) >= 11 is 0. The number of ether oxygens (including phenoxy) is 2. The van der Waals surface area contributed by atoms with Crippen molar-refractivity contribution in [1.29, 1.82) is 0 Å². The molecule has 0 aliphatic heterocycles. The highest BCUT2D eigenvalue weighted by molar-refractivity contribution is 5.79. The second-order valence-corrected chi connectivity index (χ2v) is 6.40. The van der Waals surface area contributed by atoms with Gasteiger partial charge in [0.1, 0.15) is 6.61 Å². The number of nitrogens with one attached hydrogen (secondary N) is 2. The lowest BCUT2D eigenvalue weighted by Gasteiger charge is -2.13. The molecule has 0 radical (unpaired) electrons. The molecule has 2 aromatic rings. The van der Waals surface area contributed by atoms with Gasteiger partial charge in [-0.2, -0.15) is 13.2 Å². The first-order valence-corrected chi connectivity index (χ1v) is 9.38. The molecule has 0 aromatic heterocycles. The molecule has 5 nitrogen and oxygen atoms in total. The van der Waals surface area contributed by atoms with Gasteiger partial charge in [-0.3, -0.25) is 4.99 Å². The van der Waals surface area contributed by atoms with Gasteiger partial charge in [0.25, 0.3) is 0 Å². The molecule has 9 heteroatoms. The molecule has 30 heavy (non-hydrogen) atoms. The second-order valence-electron chi connectivity index (χ2n) is 6.40. The molecule has 0 amide bonds. The lowest BCUT2D eigenvalue weighted by molar-refractivity contribution is -0.176. The Morgan fingerprint density at radius 3 is 2.13 bits per heavy atom. The van der Waals surface area contributed by atoms with Crippen LogP contribution in [0.5, 0.6) is 5.75 Å². The van der Waals surface area contributed by atoms with E-state index in [1.54, 1.807) is 50.4 Å². The van der Waals surface area contributed by atoms with Gasteiger partial charge in [0.05, 0.1) is 13.2 Å². The molecule has 0 aliphatic carbocycles. The van der Waals surface area contributed by atoms with Crippen LogP contribution in [0.3, 0.4) is 0 Å². The Labute approximate surface area is 173 Å². The molecular formula is C21H25F4N3O2. The average molecular weight is 427 g/mol. The molecule has 0 saturated carbocycles. The largest absolute Gasteiger partial charge is 0.491 e. The van der Waals surface area contributed by atoms with E-state index in [1.165, 1.54) is 6.07 Å². The quantitative estimate of drug-likeness (QED) is 0.358. The highest BCUT2D eigenvalue weighted by Crippen LogP contribution is 2.18. The summed E-state index contributed by atoms with van der Waals surface area (Å²) in [7, 11) is 1.62. The zero-order valence-electron chi connectivity index (χ0n) is 16.9. The summed E-state index contributed by atoms with van der Waals surface area (Å²) in [6, 6.07) is 11.8. The minimum atomic E-state index is -4.33. The van der Waals surface area contributed by atoms with Gasteiger partial charge in [-0.15, -0.1) is 0 Å². The Balaban J connectivity index is 1.79. The number of hydrogen-bond donors (Lipinski definition) is 2. The molecule has 2 rings (SSSR count). The van der Waals surface area contributed by atoms with E-state index < -0.39 is 18.6 Å². The van der Waals surface area contributed by atoms with Gasteiger partial charge in [-0.1, -0.05) is 30.3 Å². The summed E-state index contributed by atoms with van der Waals surface area (Å²) in [5, 5.41) is 6.22. The summed E-state index contributed by atoms with van der Waals surface area (Å²) < 4.78 is 60.0. The highest BCUT2D eigenvalue weighted by atomic mass is 19.4. The maximum absolute atomic E-state index is 13.9. The fourth-order valence-corrected chi connectivity index (χ4v) is 2.56. The van der Waals surface area contributed by atoms with Crippen LogP contribution in [0.1, 0.15) is 23.6 Å². The Morgan fingerprint density at radius 1 is 0.967 bits per heavy atom. The van der Waals surface area contributed by atoms with Gasteiger partial charge in [0.2, 0.25) is 0 Å². The van der Waals surface area contributed by atoms with E-state index in [0.29, 0.717) is 31.2 Å². The predicted molar refractivity (Wildman–Crippen MR) is 107 cm³/mol. The van der Waals surface area contributed by atoms with Crippen molar-refractivity contribution in [3.8, 4) is 5.75 Å². The molecule has 0 heterocycles. The fraction of sp³-hybridized carbons (Fsp3) is 0.381. The van der Waals surface area contributed by atoms with Crippen molar-refractivity contribution in [2.75, 3.05) is 20.3 Å². The normalized spacial score (nSPS) is 12.0. The minimum Gasteiger partial charge on any atom is -0.491 e. The van der Waals surface area contributed by atoms with E-state index in [0.717, 1.165) is 11.1 Å². The first-order valence-electron chi connectivity index (χ1n) is 9.38. The summed E-state index contributed by atoms with van der Waals surface area (Å²) in [5.74, 6) is 0.330. The van der Waals surface area contributed by atoms with Gasteiger partial charge < -0.3 is 20.1 Å². The predicted octanol–water partition coefficient (Wildman–Crippen LogP) is 4.17. The molecule has 0 fully saturated rings. The van der Waals surface area contributed by atoms with E-state index in [9.17, 15) is 17.6 Å². The molecular weight excluding hydrogens is 402 g/mol. The molecule has 2 N–H and O–H groups in total. The zero-order chi connectivity index (χ0) is 22.0. The minimum absolute atomic E-state index is 0.102. The first-order chi connectivity index (χ1) is 14.3. The number of guanidine groups is 1. The molecule has 0 atom stereocenters. The van der Waals surface area contributed by atoms with E-state index in [4.69, 9.17) is 4.74 Å². The van der Waals surface area contributed by atoms with Crippen molar-refractivity contribution in [3.05, 3.63) is 65.0 Å². The number of halogens is 4. The number of alkyl halides is 3. The second kappa shape index (κ2) is 11.4. The third-order valence-corrected chi connectivity index (χ3v) is 4.00.